The number of rotatable bonds is 8. The first-order valence-corrected chi connectivity index (χ1v) is 20.5. The molecule has 55 heavy (non-hydrogen) atoms. The van der Waals surface area contributed by atoms with Crippen LogP contribution in [0.1, 0.15) is 105 Å². The lowest BCUT2D eigenvalue weighted by molar-refractivity contribution is -0.374. The Morgan fingerprint density at radius 2 is 1.33 bits per heavy atom. The molecule has 7 rings (SSSR count). The lowest BCUT2D eigenvalue weighted by Gasteiger charge is -2.64. The Kier molecular flexibility index (Phi) is 11.5. The number of aliphatic hydroxyl groups excluding tert-OH is 8. The summed E-state index contributed by atoms with van der Waals surface area (Å²) in [7, 11) is 0. The molecule has 9 unspecified atom stereocenters. The molecule has 7 fully saturated rings. The summed E-state index contributed by atoms with van der Waals surface area (Å²) in [6.07, 6.45) is -12.2. The fourth-order valence-corrected chi connectivity index (χ4v) is 12.3. The monoisotopic (exact) mass is 784 g/mol. The minimum Gasteiger partial charge on any atom is -0.432 e. The van der Waals surface area contributed by atoms with Crippen molar-refractivity contribution in [1.82, 2.24) is 0 Å². The summed E-state index contributed by atoms with van der Waals surface area (Å²) in [5.41, 5.74) is -1.24. The van der Waals surface area contributed by atoms with Crippen molar-refractivity contribution in [2.24, 2.45) is 28.1 Å². The summed E-state index contributed by atoms with van der Waals surface area (Å²) in [5, 5.41) is 85.3. The molecule has 15 nitrogen and oxygen atoms in total. The molecule has 7 aliphatic rings. The highest BCUT2D eigenvalue weighted by atomic mass is 16.8. The van der Waals surface area contributed by atoms with Gasteiger partial charge in [-0.2, -0.15) is 0 Å². The Balaban J connectivity index is 1.10. The maximum Gasteiger partial charge on any atom is 0.314 e. The summed E-state index contributed by atoms with van der Waals surface area (Å²) in [6.45, 7) is 13.9. The topological polar surface area (TPSA) is 234 Å². The summed E-state index contributed by atoms with van der Waals surface area (Å²) < 4.78 is 36.7. The molecule has 1 spiro atoms. The Hall–Kier alpha value is -1.31. The van der Waals surface area contributed by atoms with Gasteiger partial charge < -0.3 is 69.3 Å². The highest BCUT2D eigenvalue weighted by Crippen LogP contribution is 2.73. The quantitative estimate of drug-likeness (QED) is 0.0972. The van der Waals surface area contributed by atoms with Gasteiger partial charge in [0.15, 0.2) is 12.6 Å². The van der Waals surface area contributed by atoms with Crippen molar-refractivity contribution in [2.75, 3.05) is 0 Å². The van der Waals surface area contributed by atoms with Crippen LogP contribution in [0, 0.1) is 28.1 Å². The van der Waals surface area contributed by atoms with E-state index in [0.29, 0.717) is 38.5 Å². The van der Waals surface area contributed by atoms with Gasteiger partial charge in [0, 0.05) is 0 Å². The molecule has 8 N–H and O–H groups in total. The van der Waals surface area contributed by atoms with E-state index in [2.05, 4.69) is 13.5 Å². The summed E-state index contributed by atoms with van der Waals surface area (Å²) >= 11 is 0. The summed E-state index contributed by atoms with van der Waals surface area (Å²) in [5.74, 6) is -0.284. The van der Waals surface area contributed by atoms with Crippen LogP contribution in [-0.4, -0.2) is 145 Å². The van der Waals surface area contributed by atoms with E-state index in [-0.39, 0.29) is 22.7 Å². The number of aliphatic hydroxyl groups is 8. The van der Waals surface area contributed by atoms with E-state index in [1.54, 1.807) is 6.92 Å². The number of carbonyl (C=O) groups is 1. The molecule has 2 bridgehead atoms. The maximum atomic E-state index is 14.2. The van der Waals surface area contributed by atoms with Crippen molar-refractivity contribution in [1.29, 1.82) is 0 Å². The van der Waals surface area contributed by atoms with Crippen LogP contribution < -0.4 is 0 Å². The smallest absolute Gasteiger partial charge is 0.314 e. The van der Waals surface area contributed by atoms with Gasteiger partial charge in [0.1, 0.15) is 54.9 Å². The van der Waals surface area contributed by atoms with Gasteiger partial charge in [0.05, 0.1) is 29.3 Å². The lowest BCUT2D eigenvalue weighted by Crippen LogP contribution is -2.65. The average Bonchev–Trinajstić information content (AvgIpc) is 3.35. The zero-order valence-corrected chi connectivity index (χ0v) is 32.7. The first kappa shape index (κ1) is 41.8. The van der Waals surface area contributed by atoms with Crippen LogP contribution in [0.4, 0.5) is 0 Å². The fourth-order valence-electron chi connectivity index (χ4n) is 12.3. The minimum absolute atomic E-state index is 0.0306. The number of carbonyl (C=O) groups excluding carboxylic acids is 1. The Morgan fingerprint density at radius 3 is 2.00 bits per heavy atom. The third-order valence-electron chi connectivity index (χ3n) is 15.4. The van der Waals surface area contributed by atoms with Gasteiger partial charge in [-0.15, -0.1) is 0 Å². The summed E-state index contributed by atoms with van der Waals surface area (Å²) in [6, 6.07) is 0. The molecule has 314 valence electrons. The first-order chi connectivity index (χ1) is 25.9. The minimum atomic E-state index is -1.64. The van der Waals surface area contributed by atoms with Gasteiger partial charge in [-0.3, -0.25) is 4.79 Å². The molecular formula is C40H64O15. The van der Waals surface area contributed by atoms with Crippen LogP contribution in [0.15, 0.2) is 12.2 Å². The highest BCUT2D eigenvalue weighted by Gasteiger charge is 2.69. The van der Waals surface area contributed by atoms with Gasteiger partial charge >= 0.3 is 5.97 Å². The summed E-state index contributed by atoms with van der Waals surface area (Å²) in [4.78, 5) is 14.2. The number of esters is 1. The molecule has 4 saturated carbocycles. The Labute approximate surface area is 322 Å². The van der Waals surface area contributed by atoms with E-state index in [4.69, 9.17) is 28.4 Å². The zero-order chi connectivity index (χ0) is 40.0. The van der Waals surface area contributed by atoms with E-state index < -0.39 is 109 Å². The van der Waals surface area contributed by atoms with Crippen molar-refractivity contribution < 1.29 is 74.1 Å². The molecule has 0 aromatic carbocycles. The Morgan fingerprint density at radius 1 is 0.727 bits per heavy atom. The third-order valence-corrected chi connectivity index (χ3v) is 15.4. The zero-order valence-electron chi connectivity index (χ0n) is 32.7. The molecule has 3 heterocycles. The number of hydrogen-bond acceptors (Lipinski definition) is 15. The highest BCUT2D eigenvalue weighted by molar-refractivity contribution is 5.77. The van der Waals surface area contributed by atoms with Crippen molar-refractivity contribution in [3.8, 4) is 0 Å². The van der Waals surface area contributed by atoms with Crippen LogP contribution in [0.25, 0.3) is 0 Å². The van der Waals surface area contributed by atoms with E-state index in [1.807, 2.05) is 13.8 Å². The molecule has 3 aliphatic heterocycles. The van der Waals surface area contributed by atoms with E-state index >= 15 is 0 Å². The second-order valence-electron chi connectivity index (χ2n) is 18.4. The van der Waals surface area contributed by atoms with E-state index in [9.17, 15) is 45.6 Å². The molecule has 15 heteroatoms. The predicted octanol–water partition coefficient (Wildman–Crippen LogP) is 0.925. The normalized spacial score (nSPS) is 55.4. The Bertz CT molecular complexity index is 1430. The molecule has 0 radical (unpaired) electrons. The van der Waals surface area contributed by atoms with Gasteiger partial charge in [-0.25, -0.2) is 0 Å². The number of fused-ring (bicyclic) bond motifs is 3. The van der Waals surface area contributed by atoms with Crippen LogP contribution in [0.5, 0.6) is 0 Å². The van der Waals surface area contributed by atoms with Crippen LogP contribution in [0.3, 0.4) is 0 Å². The fraction of sp³-hybridized carbons (Fsp3) is 0.925. The van der Waals surface area contributed by atoms with Gasteiger partial charge in [-0.1, -0.05) is 33.8 Å². The number of ether oxygens (including phenoxy) is 6. The van der Waals surface area contributed by atoms with Crippen LogP contribution >= 0.6 is 0 Å². The average molecular weight is 785 g/mol. The SMILES string of the molecule is C=C1C[C@@]23CC[C@H]4[C@@](C)(CCC[C@@]4(C)C(=O)O[C@@H]4OC(CC)[C@@H](O)C(O)C4O)[C@@H]2CC[C@]1(OC1O[C@H](CC)C(O)C(O)[C@H]1O[C@@H]1OC(C)[C@H](O)C(O)C1O)C3. The molecule has 0 amide bonds. The molecule has 0 aromatic heterocycles. The molecule has 4 aliphatic carbocycles. The van der Waals surface area contributed by atoms with Crippen LogP contribution in [-0.2, 0) is 33.2 Å². The van der Waals surface area contributed by atoms with Crippen molar-refractivity contribution in [3.05, 3.63) is 12.2 Å². The molecule has 21 atom stereocenters. The molecular weight excluding hydrogens is 720 g/mol. The lowest BCUT2D eigenvalue weighted by atomic mass is 9.41. The molecule has 0 aromatic rings. The molecule has 3 saturated heterocycles. The second kappa shape index (κ2) is 15.1. The van der Waals surface area contributed by atoms with Crippen molar-refractivity contribution >= 4 is 5.97 Å². The number of hydrogen-bond donors (Lipinski definition) is 8. The van der Waals surface area contributed by atoms with Gasteiger partial charge in [0.2, 0.25) is 6.29 Å². The van der Waals surface area contributed by atoms with Gasteiger partial charge in [0.25, 0.3) is 0 Å². The predicted molar refractivity (Wildman–Crippen MR) is 191 cm³/mol. The second-order valence-corrected chi connectivity index (χ2v) is 18.4. The van der Waals surface area contributed by atoms with E-state index in [1.165, 1.54) is 6.92 Å². The third kappa shape index (κ3) is 6.65. The van der Waals surface area contributed by atoms with Crippen molar-refractivity contribution in [3.63, 3.8) is 0 Å². The van der Waals surface area contributed by atoms with Gasteiger partial charge in [-0.05, 0) is 106 Å². The standard InChI is InChI=1S/C40H64O15/c1-7-20-25(42)28(45)31(48)34(51-20)54-36(49)38(6)13-9-12-37(5)22(38)10-14-39-16-18(3)40(17-39,15-11-23(37)39)55-35-32(29(46)26(43)21(8-2)52-35)53-33-30(47)27(44)24(41)19(4)50-33/h19-35,41-48H,3,7-17H2,1-2,4-6H3/t19?,20?,21-,22+,23+,24+,25-,26?,27?,28?,29?,30?,31?,32-,33+,34+,35?,37-,38-,39-,40+/m1/s1. The maximum absolute atomic E-state index is 14.2. The first-order valence-electron chi connectivity index (χ1n) is 20.5. The van der Waals surface area contributed by atoms with E-state index in [0.717, 1.165) is 37.7 Å². The largest absolute Gasteiger partial charge is 0.432 e. The van der Waals surface area contributed by atoms with Crippen molar-refractivity contribution in [2.45, 2.75) is 203 Å². The van der Waals surface area contributed by atoms with Crippen LogP contribution in [0.2, 0.25) is 0 Å².